The van der Waals surface area contributed by atoms with E-state index in [1.807, 2.05) is 17.9 Å². The molecule has 0 bridgehead atoms. The topological polar surface area (TPSA) is 68.7 Å². The van der Waals surface area contributed by atoms with E-state index >= 15 is 0 Å². The number of hydrogen-bond donors (Lipinski definition) is 2. The molecule has 1 aromatic heterocycles. The number of nitrogens with zero attached hydrogens (tertiary/aromatic N) is 3. The van der Waals surface area contributed by atoms with Gasteiger partial charge in [0.2, 0.25) is 5.91 Å². The Balaban J connectivity index is 1.52. The summed E-state index contributed by atoms with van der Waals surface area (Å²) in [5, 5.41) is 15.9. The van der Waals surface area contributed by atoms with Crippen molar-refractivity contribution in [1.29, 1.82) is 0 Å². The van der Waals surface area contributed by atoms with Gasteiger partial charge in [0, 0.05) is 49.4 Å². The lowest BCUT2D eigenvalue weighted by molar-refractivity contribution is -0.146. The van der Waals surface area contributed by atoms with E-state index < -0.39 is 6.10 Å². The molecule has 1 amide bonds. The number of piperazine rings is 1. The molecule has 7 heteroatoms. The number of amides is 1. The van der Waals surface area contributed by atoms with Crippen molar-refractivity contribution in [3.05, 3.63) is 23.2 Å². The summed E-state index contributed by atoms with van der Waals surface area (Å²) < 4.78 is 0. The molecule has 3 aliphatic rings. The SMILES string of the molecule is C=CCNc1nc2c(s1)C[C@]1(C)CC[C@H]([C@H](C)C(=O)N3CCN(C)CC3)[C@H](O)[C@H]1[C@@H]2C. The second-order valence-electron chi connectivity index (χ2n) is 10.3. The maximum Gasteiger partial charge on any atom is 0.225 e. The van der Waals surface area contributed by atoms with Gasteiger partial charge in [0.05, 0.1) is 11.8 Å². The van der Waals surface area contributed by atoms with Crippen molar-refractivity contribution in [2.24, 2.45) is 23.2 Å². The molecule has 6 atom stereocenters. The molecule has 4 rings (SSSR count). The van der Waals surface area contributed by atoms with E-state index in [4.69, 9.17) is 4.98 Å². The van der Waals surface area contributed by atoms with E-state index in [0.717, 1.165) is 56.3 Å². The number of aliphatic hydroxyl groups excluding tert-OH is 1. The number of carbonyl (C=O) groups excluding carboxylic acids is 1. The maximum absolute atomic E-state index is 13.2. The lowest BCUT2D eigenvalue weighted by Gasteiger charge is -2.53. The summed E-state index contributed by atoms with van der Waals surface area (Å²) in [5.41, 5.74) is 1.19. The lowest BCUT2D eigenvalue weighted by atomic mass is 9.53. The van der Waals surface area contributed by atoms with E-state index in [1.54, 1.807) is 11.3 Å². The third-order valence-corrected chi connectivity index (χ3v) is 9.20. The Kier molecular flexibility index (Phi) is 6.48. The molecule has 2 fully saturated rings. The minimum absolute atomic E-state index is 0.0197. The third-order valence-electron chi connectivity index (χ3n) is 8.17. The number of aromatic nitrogens is 1. The Morgan fingerprint density at radius 3 is 2.81 bits per heavy atom. The van der Waals surface area contributed by atoms with E-state index in [-0.39, 0.29) is 35.0 Å². The molecule has 6 nitrogen and oxygen atoms in total. The van der Waals surface area contributed by atoms with Gasteiger partial charge in [0.1, 0.15) is 0 Å². The second-order valence-corrected chi connectivity index (χ2v) is 11.3. The molecule has 2 aliphatic carbocycles. The Labute approximate surface area is 190 Å². The van der Waals surface area contributed by atoms with Crippen molar-refractivity contribution in [3.8, 4) is 0 Å². The summed E-state index contributed by atoms with van der Waals surface area (Å²) in [6, 6.07) is 0. The predicted octanol–water partition coefficient (Wildman–Crippen LogP) is 3.20. The first-order valence-corrected chi connectivity index (χ1v) is 12.6. The zero-order valence-corrected chi connectivity index (χ0v) is 20.2. The van der Waals surface area contributed by atoms with Crippen molar-refractivity contribution in [2.45, 2.75) is 52.1 Å². The number of fused-ring (bicyclic) bond motifs is 2. The van der Waals surface area contributed by atoms with Crippen LogP contribution in [-0.2, 0) is 11.2 Å². The number of hydrogen-bond acceptors (Lipinski definition) is 6. The highest BCUT2D eigenvalue weighted by Gasteiger charge is 2.54. The van der Waals surface area contributed by atoms with Gasteiger partial charge in [0.25, 0.3) is 0 Å². The first-order valence-electron chi connectivity index (χ1n) is 11.7. The van der Waals surface area contributed by atoms with Gasteiger partial charge in [-0.1, -0.05) is 26.8 Å². The van der Waals surface area contributed by atoms with Crippen LogP contribution in [0.1, 0.15) is 50.1 Å². The lowest BCUT2D eigenvalue weighted by Crippen LogP contribution is -2.55. The smallest absolute Gasteiger partial charge is 0.225 e. The average Bonchev–Trinajstić information content (AvgIpc) is 3.14. The molecule has 1 saturated carbocycles. The minimum atomic E-state index is -0.473. The molecule has 2 heterocycles. The summed E-state index contributed by atoms with van der Waals surface area (Å²) in [5.74, 6) is 0.418. The van der Waals surface area contributed by atoms with Gasteiger partial charge in [-0.3, -0.25) is 4.79 Å². The fourth-order valence-corrected chi connectivity index (χ4v) is 7.55. The van der Waals surface area contributed by atoms with E-state index in [9.17, 15) is 9.90 Å². The van der Waals surface area contributed by atoms with Crippen molar-refractivity contribution in [3.63, 3.8) is 0 Å². The Bertz CT molecular complexity index is 819. The highest BCUT2D eigenvalue weighted by molar-refractivity contribution is 7.15. The first kappa shape index (κ1) is 22.7. The highest BCUT2D eigenvalue weighted by Crippen LogP contribution is 2.57. The number of rotatable bonds is 5. The van der Waals surface area contributed by atoms with Gasteiger partial charge in [-0.2, -0.15) is 0 Å². The van der Waals surface area contributed by atoms with Crippen LogP contribution in [0.4, 0.5) is 5.13 Å². The summed E-state index contributed by atoms with van der Waals surface area (Å²) in [6.45, 7) is 14.5. The zero-order valence-electron chi connectivity index (χ0n) is 19.4. The van der Waals surface area contributed by atoms with Crippen LogP contribution in [0.3, 0.4) is 0 Å². The molecule has 0 unspecified atom stereocenters. The number of carbonyl (C=O) groups is 1. The van der Waals surface area contributed by atoms with Gasteiger partial charge in [-0.05, 0) is 43.6 Å². The fraction of sp³-hybridized carbons (Fsp3) is 0.750. The van der Waals surface area contributed by atoms with Gasteiger partial charge < -0.3 is 20.2 Å². The molecular formula is C24H38N4O2S. The maximum atomic E-state index is 13.2. The molecule has 1 saturated heterocycles. The van der Waals surface area contributed by atoms with Gasteiger partial charge >= 0.3 is 0 Å². The number of likely N-dealkylation sites (N-methyl/N-ethyl adjacent to an activating group) is 1. The molecular weight excluding hydrogens is 408 g/mol. The molecule has 0 radical (unpaired) electrons. The summed E-state index contributed by atoms with van der Waals surface area (Å²) in [4.78, 5) is 23.7. The van der Waals surface area contributed by atoms with Crippen LogP contribution >= 0.6 is 11.3 Å². The van der Waals surface area contributed by atoms with Crippen molar-refractivity contribution >= 4 is 22.4 Å². The molecule has 0 spiro atoms. The fourth-order valence-electron chi connectivity index (χ4n) is 6.28. The van der Waals surface area contributed by atoms with Crippen molar-refractivity contribution < 1.29 is 9.90 Å². The normalized spacial score (nSPS) is 34.5. The monoisotopic (exact) mass is 446 g/mol. The van der Waals surface area contributed by atoms with Crippen LogP contribution in [0.25, 0.3) is 0 Å². The quantitative estimate of drug-likeness (QED) is 0.680. The predicted molar refractivity (Wildman–Crippen MR) is 126 cm³/mol. The Morgan fingerprint density at radius 2 is 2.13 bits per heavy atom. The van der Waals surface area contributed by atoms with E-state index in [0.29, 0.717) is 6.54 Å². The van der Waals surface area contributed by atoms with Gasteiger partial charge in [-0.25, -0.2) is 4.98 Å². The van der Waals surface area contributed by atoms with E-state index in [2.05, 4.69) is 37.7 Å². The summed E-state index contributed by atoms with van der Waals surface area (Å²) in [7, 11) is 2.10. The van der Waals surface area contributed by atoms with Gasteiger partial charge in [0.15, 0.2) is 5.13 Å². The Morgan fingerprint density at radius 1 is 1.42 bits per heavy atom. The largest absolute Gasteiger partial charge is 0.392 e. The van der Waals surface area contributed by atoms with Crippen LogP contribution in [0, 0.1) is 23.2 Å². The number of anilines is 1. The second kappa shape index (κ2) is 8.83. The van der Waals surface area contributed by atoms with Crippen LogP contribution in [0.15, 0.2) is 12.7 Å². The van der Waals surface area contributed by atoms with Gasteiger partial charge in [-0.15, -0.1) is 17.9 Å². The van der Waals surface area contributed by atoms with Crippen molar-refractivity contribution in [2.75, 3.05) is 45.1 Å². The summed E-state index contributed by atoms with van der Waals surface area (Å²) in [6.07, 6.45) is 4.31. The van der Waals surface area contributed by atoms with Crippen molar-refractivity contribution in [1.82, 2.24) is 14.8 Å². The number of thiazole rings is 1. The molecule has 31 heavy (non-hydrogen) atoms. The minimum Gasteiger partial charge on any atom is -0.392 e. The van der Waals surface area contributed by atoms with E-state index in [1.165, 1.54) is 4.88 Å². The highest BCUT2D eigenvalue weighted by atomic mass is 32.1. The Hall–Kier alpha value is -1.44. The molecule has 0 aromatic carbocycles. The van der Waals surface area contributed by atoms with Crippen LogP contribution in [-0.4, -0.2) is 71.7 Å². The van der Waals surface area contributed by atoms with Crippen LogP contribution in [0.2, 0.25) is 0 Å². The zero-order chi connectivity index (χ0) is 22.3. The summed E-state index contributed by atoms with van der Waals surface area (Å²) >= 11 is 1.75. The first-order chi connectivity index (χ1) is 14.7. The number of nitrogens with one attached hydrogen (secondary N) is 1. The molecule has 2 N–H and O–H groups in total. The number of aliphatic hydroxyl groups is 1. The van der Waals surface area contributed by atoms with Crippen LogP contribution in [0.5, 0.6) is 0 Å². The molecule has 1 aliphatic heterocycles. The molecule has 1 aromatic rings. The standard InChI is InChI=1S/C24H38N4O2S/c1-6-9-25-23-26-20-16(3)19-21(29)17(7-8-24(19,4)14-18(20)31-23)15(2)22(30)28-12-10-27(5)11-13-28/h6,15-17,19,21,29H,1,7-14H2,2-5H3,(H,25,26)/t15-,16-,17+,19+,21-,24-/m0/s1. The van der Waals surface area contributed by atoms with Crippen LogP contribution < -0.4 is 5.32 Å². The molecule has 172 valence electrons. The average molecular weight is 447 g/mol. The third kappa shape index (κ3) is 4.16.